The molecule has 0 bridgehead atoms. The number of hydrogen-bond donors (Lipinski definition) is 1. The molecule has 2 saturated heterocycles. The van der Waals surface area contributed by atoms with Crippen molar-refractivity contribution in [2.75, 3.05) is 26.2 Å². The number of sulfonamides is 1. The van der Waals surface area contributed by atoms with Gasteiger partial charge in [-0.15, -0.1) is 23.7 Å². The van der Waals surface area contributed by atoms with Gasteiger partial charge in [-0.3, -0.25) is 4.79 Å². The summed E-state index contributed by atoms with van der Waals surface area (Å²) in [6.07, 6.45) is 5.12. The number of nitrogens with zero attached hydrogens (tertiary/aromatic N) is 2. The molecule has 3 rings (SSSR count). The van der Waals surface area contributed by atoms with Gasteiger partial charge in [0.05, 0.1) is 6.42 Å². The number of carbonyl (C=O) groups excluding carboxylic acids is 1. The van der Waals surface area contributed by atoms with E-state index < -0.39 is 10.0 Å². The maximum absolute atomic E-state index is 12.7. The standard InChI is InChI=1S/C18H29N3O3S2.ClH/c1-14(19)15-7-11-20(12-8-15)17(22)13-16-5-6-18(25-16)26(23,24)21-9-3-2-4-10-21;/h5-6,14-15H,2-4,7-13,19H2,1H3;1H. The van der Waals surface area contributed by atoms with Gasteiger partial charge in [0.15, 0.2) is 0 Å². The molecule has 0 radical (unpaired) electrons. The molecule has 2 aliphatic rings. The zero-order chi connectivity index (χ0) is 18.7. The summed E-state index contributed by atoms with van der Waals surface area (Å²) in [6, 6.07) is 3.61. The Morgan fingerprint density at radius 3 is 2.41 bits per heavy atom. The van der Waals surface area contributed by atoms with Crippen LogP contribution in [0.1, 0.15) is 43.9 Å². The number of likely N-dealkylation sites (tertiary alicyclic amines) is 1. The van der Waals surface area contributed by atoms with Gasteiger partial charge >= 0.3 is 0 Å². The second-order valence-electron chi connectivity index (χ2n) is 7.44. The summed E-state index contributed by atoms with van der Waals surface area (Å²) < 4.78 is 27.4. The summed E-state index contributed by atoms with van der Waals surface area (Å²) in [5, 5.41) is 0. The van der Waals surface area contributed by atoms with E-state index in [2.05, 4.69) is 0 Å². The van der Waals surface area contributed by atoms with Crippen LogP contribution in [0.4, 0.5) is 0 Å². The molecule has 6 nitrogen and oxygen atoms in total. The lowest BCUT2D eigenvalue weighted by Crippen LogP contribution is -2.43. The smallest absolute Gasteiger partial charge is 0.252 e. The third kappa shape index (κ3) is 5.44. The van der Waals surface area contributed by atoms with Crippen LogP contribution in [-0.4, -0.2) is 55.8 Å². The summed E-state index contributed by atoms with van der Waals surface area (Å²) >= 11 is 1.23. The van der Waals surface area contributed by atoms with Crippen molar-refractivity contribution in [1.82, 2.24) is 9.21 Å². The fourth-order valence-corrected chi connectivity index (χ4v) is 6.78. The molecule has 0 aromatic carbocycles. The summed E-state index contributed by atoms with van der Waals surface area (Å²) in [6.45, 7) is 4.72. The van der Waals surface area contributed by atoms with E-state index in [0.29, 0.717) is 23.2 Å². The molecule has 3 heterocycles. The SMILES string of the molecule is CC(N)C1CCN(C(=O)Cc2ccc(S(=O)(=O)N3CCCCC3)s2)CC1.Cl. The lowest BCUT2D eigenvalue weighted by molar-refractivity contribution is -0.131. The van der Waals surface area contributed by atoms with Gasteiger partial charge in [-0.2, -0.15) is 4.31 Å². The highest BCUT2D eigenvalue weighted by molar-refractivity contribution is 7.91. The number of rotatable bonds is 5. The van der Waals surface area contributed by atoms with Crippen LogP contribution in [0.2, 0.25) is 0 Å². The number of halogens is 1. The van der Waals surface area contributed by atoms with Crippen LogP contribution in [0.3, 0.4) is 0 Å². The Hall–Kier alpha value is -0.670. The van der Waals surface area contributed by atoms with Crippen LogP contribution in [0.25, 0.3) is 0 Å². The molecule has 9 heteroatoms. The second-order valence-corrected chi connectivity index (χ2v) is 10.8. The number of carbonyl (C=O) groups is 1. The minimum absolute atomic E-state index is 0. The lowest BCUT2D eigenvalue weighted by atomic mass is 9.91. The Morgan fingerprint density at radius 1 is 1.19 bits per heavy atom. The van der Waals surface area contributed by atoms with Crippen molar-refractivity contribution in [3.05, 3.63) is 17.0 Å². The third-order valence-corrected chi connectivity index (χ3v) is 8.96. The van der Waals surface area contributed by atoms with Crippen LogP contribution in [0, 0.1) is 5.92 Å². The first-order valence-corrected chi connectivity index (χ1v) is 11.8. The van der Waals surface area contributed by atoms with Crippen molar-refractivity contribution < 1.29 is 13.2 Å². The van der Waals surface area contributed by atoms with E-state index in [1.807, 2.05) is 11.8 Å². The Kier molecular flexibility index (Phi) is 8.12. The van der Waals surface area contributed by atoms with E-state index >= 15 is 0 Å². The fourth-order valence-electron chi connectivity index (χ4n) is 3.76. The van der Waals surface area contributed by atoms with Gasteiger partial charge in [0, 0.05) is 37.1 Å². The Balaban J connectivity index is 0.00000261. The molecule has 1 unspecified atom stereocenters. The van der Waals surface area contributed by atoms with Gasteiger partial charge in [-0.25, -0.2) is 8.42 Å². The maximum atomic E-state index is 12.7. The van der Waals surface area contributed by atoms with Crippen LogP contribution in [0.5, 0.6) is 0 Å². The largest absolute Gasteiger partial charge is 0.342 e. The zero-order valence-electron chi connectivity index (χ0n) is 15.8. The number of nitrogens with two attached hydrogens (primary N) is 1. The summed E-state index contributed by atoms with van der Waals surface area (Å²) in [5.41, 5.74) is 5.95. The Bertz CT molecular complexity index is 722. The van der Waals surface area contributed by atoms with Crippen molar-refractivity contribution in [3.8, 4) is 0 Å². The normalized spacial score (nSPS) is 20.9. The molecule has 2 aliphatic heterocycles. The molecule has 2 fully saturated rings. The van der Waals surface area contributed by atoms with Crippen molar-refractivity contribution in [3.63, 3.8) is 0 Å². The highest BCUT2D eigenvalue weighted by atomic mass is 35.5. The molecule has 154 valence electrons. The van der Waals surface area contributed by atoms with E-state index in [-0.39, 0.29) is 30.8 Å². The van der Waals surface area contributed by atoms with Crippen molar-refractivity contribution >= 4 is 39.7 Å². The molecule has 1 amide bonds. The third-order valence-electron chi connectivity index (χ3n) is 5.51. The van der Waals surface area contributed by atoms with Crippen LogP contribution in [0.15, 0.2) is 16.3 Å². The summed E-state index contributed by atoms with van der Waals surface area (Å²) in [7, 11) is -3.41. The Labute approximate surface area is 172 Å². The number of amides is 1. The predicted octanol–water partition coefficient (Wildman–Crippen LogP) is 2.47. The Morgan fingerprint density at radius 2 is 1.81 bits per heavy atom. The van der Waals surface area contributed by atoms with E-state index in [9.17, 15) is 13.2 Å². The number of hydrogen-bond acceptors (Lipinski definition) is 5. The molecular weight excluding hydrogens is 406 g/mol. The highest BCUT2D eigenvalue weighted by Gasteiger charge is 2.28. The molecular formula is C18H30ClN3O3S2. The van der Waals surface area contributed by atoms with Gasteiger partial charge in [-0.05, 0) is 50.7 Å². The van der Waals surface area contributed by atoms with Gasteiger partial charge in [-0.1, -0.05) is 6.42 Å². The van der Waals surface area contributed by atoms with Crippen LogP contribution >= 0.6 is 23.7 Å². The average Bonchev–Trinajstić information content (AvgIpc) is 3.12. The average molecular weight is 436 g/mol. The minimum Gasteiger partial charge on any atom is -0.342 e. The van der Waals surface area contributed by atoms with Crippen LogP contribution < -0.4 is 5.73 Å². The first-order valence-electron chi connectivity index (χ1n) is 9.50. The fraction of sp³-hybridized carbons (Fsp3) is 0.722. The minimum atomic E-state index is -3.41. The molecule has 1 aromatic heterocycles. The topological polar surface area (TPSA) is 83.7 Å². The van der Waals surface area contributed by atoms with E-state index in [4.69, 9.17) is 5.73 Å². The van der Waals surface area contributed by atoms with Gasteiger partial charge < -0.3 is 10.6 Å². The number of thiophene rings is 1. The van der Waals surface area contributed by atoms with E-state index in [1.54, 1.807) is 16.4 Å². The van der Waals surface area contributed by atoms with Crippen molar-refractivity contribution in [2.45, 2.75) is 55.7 Å². The molecule has 0 saturated carbocycles. The molecule has 1 atom stereocenters. The highest BCUT2D eigenvalue weighted by Crippen LogP contribution is 2.28. The van der Waals surface area contributed by atoms with Gasteiger partial charge in [0.25, 0.3) is 10.0 Å². The van der Waals surface area contributed by atoms with Gasteiger partial charge in [0.2, 0.25) is 5.91 Å². The molecule has 0 aliphatic carbocycles. The van der Waals surface area contributed by atoms with Crippen molar-refractivity contribution in [2.24, 2.45) is 11.7 Å². The van der Waals surface area contributed by atoms with Crippen molar-refractivity contribution in [1.29, 1.82) is 0 Å². The lowest BCUT2D eigenvalue weighted by Gasteiger charge is -2.33. The first-order chi connectivity index (χ1) is 12.4. The van der Waals surface area contributed by atoms with E-state index in [1.165, 1.54) is 11.3 Å². The molecule has 1 aromatic rings. The molecule has 0 spiro atoms. The van der Waals surface area contributed by atoms with Crippen LogP contribution in [-0.2, 0) is 21.2 Å². The zero-order valence-corrected chi connectivity index (χ0v) is 18.3. The molecule has 27 heavy (non-hydrogen) atoms. The predicted molar refractivity (Wildman–Crippen MR) is 111 cm³/mol. The maximum Gasteiger partial charge on any atom is 0.252 e. The second kappa shape index (κ2) is 9.69. The quantitative estimate of drug-likeness (QED) is 0.769. The van der Waals surface area contributed by atoms with E-state index in [0.717, 1.165) is 50.1 Å². The monoisotopic (exact) mass is 435 g/mol. The van der Waals surface area contributed by atoms with Gasteiger partial charge in [0.1, 0.15) is 4.21 Å². The summed E-state index contributed by atoms with van der Waals surface area (Å²) in [5.74, 6) is 0.568. The molecule has 2 N–H and O–H groups in total. The first kappa shape index (κ1) is 22.6. The number of piperidine rings is 2. The summed E-state index contributed by atoms with van der Waals surface area (Å²) in [4.78, 5) is 15.3.